The summed E-state index contributed by atoms with van der Waals surface area (Å²) in [6.07, 6.45) is 0.468. The quantitative estimate of drug-likeness (QED) is 0.826. The Bertz CT molecular complexity index is 228. The molecule has 0 bridgehead atoms. The van der Waals surface area contributed by atoms with Gasteiger partial charge >= 0.3 is 0 Å². The Labute approximate surface area is 77.4 Å². The number of halogens is 2. The first-order valence-corrected chi connectivity index (χ1v) is 4.24. The SMILES string of the molecule is OCC(F)Cn1ccc(I)n1. The van der Waals surface area contributed by atoms with Gasteiger partial charge in [0.05, 0.1) is 13.2 Å². The van der Waals surface area contributed by atoms with Gasteiger partial charge in [0.1, 0.15) is 9.87 Å². The van der Waals surface area contributed by atoms with E-state index in [2.05, 4.69) is 5.10 Å². The standard InChI is InChI=1S/C6H8FIN2O/c7-5(4-11)3-10-2-1-6(8)9-10/h1-2,5,11H,3-4H2. The van der Waals surface area contributed by atoms with Gasteiger partial charge in [-0.3, -0.25) is 4.68 Å². The molecule has 62 valence electrons. The highest BCUT2D eigenvalue weighted by Crippen LogP contribution is 2.01. The van der Waals surface area contributed by atoms with Crippen molar-refractivity contribution >= 4 is 22.6 Å². The average Bonchev–Trinajstić information content (AvgIpc) is 2.35. The minimum Gasteiger partial charge on any atom is -0.393 e. The number of aliphatic hydroxyl groups is 1. The molecule has 0 saturated carbocycles. The van der Waals surface area contributed by atoms with Crippen LogP contribution in [0.2, 0.25) is 0 Å². The van der Waals surface area contributed by atoms with Crippen LogP contribution in [0, 0.1) is 3.70 Å². The van der Waals surface area contributed by atoms with E-state index in [4.69, 9.17) is 5.11 Å². The van der Waals surface area contributed by atoms with Gasteiger partial charge in [-0.2, -0.15) is 5.10 Å². The van der Waals surface area contributed by atoms with E-state index in [9.17, 15) is 4.39 Å². The van der Waals surface area contributed by atoms with Gasteiger partial charge in [-0.15, -0.1) is 0 Å². The van der Waals surface area contributed by atoms with E-state index in [1.54, 1.807) is 12.3 Å². The number of rotatable bonds is 3. The van der Waals surface area contributed by atoms with E-state index in [0.717, 1.165) is 3.70 Å². The molecule has 0 aromatic carbocycles. The molecule has 0 radical (unpaired) electrons. The van der Waals surface area contributed by atoms with E-state index in [0.29, 0.717) is 0 Å². The van der Waals surface area contributed by atoms with Crippen LogP contribution in [0.4, 0.5) is 4.39 Å². The van der Waals surface area contributed by atoms with Crippen LogP contribution in [0.15, 0.2) is 12.3 Å². The molecule has 0 amide bonds. The van der Waals surface area contributed by atoms with Crippen LogP contribution in [0.3, 0.4) is 0 Å². The van der Waals surface area contributed by atoms with Crippen molar-refractivity contribution in [1.29, 1.82) is 0 Å². The molecule has 1 heterocycles. The lowest BCUT2D eigenvalue weighted by Crippen LogP contribution is -2.15. The van der Waals surface area contributed by atoms with Crippen molar-refractivity contribution in [3.63, 3.8) is 0 Å². The number of hydrogen-bond acceptors (Lipinski definition) is 2. The summed E-state index contributed by atoms with van der Waals surface area (Å²) in [5.41, 5.74) is 0. The smallest absolute Gasteiger partial charge is 0.143 e. The number of alkyl halides is 1. The second-order valence-electron chi connectivity index (χ2n) is 2.14. The molecule has 0 aliphatic carbocycles. The third-order valence-corrected chi connectivity index (χ3v) is 1.77. The first-order chi connectivity index (χ1) is 5.22. The summed E-state index contributed by atoms with van der Waals surface area (Å²) in [4.78, 5) is 0. The van der Waals surface area contributed by atoms with Crippen LogP contribution in [0.5, 0.6) is 0 Å². The molecule has 0 saturated heterocycles. The summed E-state index contributed by atoms with van der Waals surface area (Å²) in [6, 6.07) is 1.78. The van der Waals surface area contributed by atoms with E-state index in [1.807, 2.05) is 22.6 Å². The molecule has 0 fully saturated rings. The second kappa shape index (κ2) is 4.01. The molecule has 1 atom stereocenters. The molecule has 3 nitrogen and oxygen atoms in total. The fourth-order valence-corrected chi connectivity index (χ4v) is 1.14. The number of aliphatic hydroxyl groups excluding tert-OH is 1. The van der Waals surface area contributed by atoms with Gasteiger partial charge in [-0.25, -0.2) is 4.39 Å². The normalized spacial score (nSPS) is 13.4. The summed E-state index contributed by atoms with van der Waals surface area (Å²) >= 11 is 2.04. The minimum atomic E-state index is -1.22. The molecule has 5 heteroatoms. The lowest BCUT2D eigenvalue weighted by Gasteiger charge is -2.03. The molecule has 1 aromatic rings. The van der Waals surface area contributed by atoms with E-state index < -0.39 is 12.8 Å². The van der Waals surface area contributed by atoms with Crippen LogP contribution in [0.1, 0.15) is 0 Å². The zero-order valence-electron chi connectivity index (χ0n) is 5.74. The number of nitrogens with zero attached hydrogens (tertiary/aromatic N) is 2. The van der Waals surface area contributed by atoms with Crippen molar-refractivity contribution in [2.24, 2.45) is 0 Å². The zero-order valence-corrected chi connectivity index (χ0v) is 7.90. The van der Waals surface area contributed by atoms with Crippen molar-refractivity contribution in [3.05, 3.63) is 16.0 Å². The van der Waals surface area contributed by atoms with E-state index >= 15 is 0 Å². The molecule has 0 aliphatic heterocycles. The second-order valence-corrected chi connectivity index (χ2v) is 3.25. The third-order valence-electron chi connectivity index (χ3n) is 1.19. The Kier molecular flexibility index (Phi) is 3.25. The van der Waals surface area contributed by atoms with Crippen molar-refractivity contribution in [2.45, 2.75) is 12.7 Å². The lowest BCUT2D eigenvalue weighted by atomic mass is 10.4. The van der Waals surface area contributed by atoms with Crippen LogP contribution < -0.4 is 0 Å². The van der Waals surface area contributed by atoms with Gasteiger partial charge in [0.2, 0.25) is 0 Å². The molecular weight excluding hydrogens is 262 g/mol. The highest BCUT2D eigenvalue weighted by atomic mass is 127. The van der Waals surface area contributed by atoms with Gasteiger partial charge in [-0.1, -0.05) is 0 Å². The molecule has 1 rings (SSSR count). The fraction of sp³-hybridized carbons (Fsp3) is 0.500. The van der Waals surface area contributed by atoms with Crippen molar-refractivity contribution < 1.29 is 9.50 Å². The lowest BCUT2D eigenvalue weighted by molar-refractivity contribution is 0.158. The fourth-order valence-electron chi connectivity index (χ4n) is 0.699. The minimum absolute atomic E-state index is 0.125. The molecule has 1 aromatic heterocycles. The first kappa shape index (κ1) is 8.92. The molecule has 1 unspecified atom stereocenters. The summed E-state index contributed by atoms with van der Waals surface area (Å²) in [5, 5.41) is 12.3. The highest BCUT2D eigenvalue weighted by Gasteiger charge is 2.05. The van der Waals surface area contributed by atoms with Crippen LogP contribution in [-0.2, 0) is 6.54 Å². The summed E-state index contributed by atoms with van der Waals surface area (Å²) in [6.45, 7) is -0.323. The molecule has 0 aliphatic rings. The summed E-state index contributed by atoms with van der Waals surface area (Å²) < 4.78 is 14.8. The molecule has 1 N–H and O–H groups in total. The maximum atomic E-state index is 12.5. The van der Waals surface area contributed by atoms with Gasteiger partial charge < -0.3 is 5.11 Å². The van der Waals surface area contributed by atoms with Crippen molar-refractivity contribution in [1.82, 2.24) is 9.78 Å². The van der Waals surface area contributed by atoms with Crippen molar-refractivity contribution in [2.75, 3.05) is 6.61 Å². The first-order valence-electron chi connectivity index (χ1n) is 3.16. The van der Waals surface area contributed by atoms with E-state index in [-0.39, 0.29) is 6.54 Å². The Morgan fingerprint density at radius 2 is 2.55 bits per heavy atom. The Morgan fingerprint density at radius 1 is 1.82 bits per heavy atom. The maximum Gasteiger partial charge on any atom is 0.143 e. The largest absolute Gasteiger partial charge is 0.393 e. The number of aromatic nitrogens is 2. The molecule has 11 heavy (non-hydrogen) atoms. The number of hydrogen-bond donors (Lipinski definition) is 1. The summed E-state index contributed by atoms with van der Waals surface area (Å²) in [7, 11) is 0. The average molecular weight is 270 g/mol. The highest BCUT2D eigenvalue weighted by molar-refractivity contribution is 14.1. The van der Waals surface area contributed by atoms with Gasteiger partial charge in [-0.05, 0) is 28.7 Å². The Hall–Kier alpha value is -0.170. The third kappa shape index (κ3) is 2.74. The Morgan fingerprint density at radius 3 is 3.00 bits per heavy atom. The van der Waals surface area contributed by atoms with Gasteiger partial charge in [0, 0.05) is 6.20 Å². The maximum absolute atomic E-state index is 12.5. The topological polar surface area (TPSA) is 38.0 Å². The predicted molar refractivity (Wildman–Crippen MR) is 46.9 cm³/mol. The predicted octanol–water partition coefficient (Wildman–Crippen LogP) is 0.818. The van der Waals surface area contributed by atoms with Crippen LogP contribution >= 0.6 is 22.6 Å². The Balaban J connectivity index is 2.50. The zero-order chi connectivity index (χ0) is 8.27. The van der Waals surface area contributed by atoms with Gasteiger partial charge in [0.15, 0.2) is 0 Å². The van der Waals surface area contributed by atoms with Crippen LogP contribution in [0.25, 0.3) is 0 Å². The van der Waals surface area contributed by atoms with Crippen LogP contribution in [-0.4, -0.2) is 27.7 Å². The van der Waals surface area contributed by atoms with E-state index in [1.165, 1.54) is 4.68 Å². The monoisotopic (exact) mass is 270 g/mol. The van der Waals surface area contributed by atoms with Crippen molar-refractivity contribution in [3.8, 4) is 0 Å². The van der Waals surface area contributed by atoms with Gasteiger partial charge in [0.25, 0.3) is 0 Å². The summed E-state index contributed by atoms with van der Waals surface area (Å²) in [5.74, 6) is 0. The molecular formula is C6H8FIN2O. The molecule has 0 spiro atoms.